The summed E-state index contributed by atoms with van der Waals surface area (Å²) in [6.45, 7) is 2.16. The van der Waals surface area contributed by atoms with Gasteiger partial charge in [-0.2, -0.15) is 0 Å². The first kappa shape index (κ1) is 16.1. The van der Waals surface area contributed by atoms with Gasteiger partial charge in [-0.15, -0.1) is 0 Å². The summed E-state index contributed by atoms with van der Waals surface area (Å²) < 4.78 is 0.995. The number of amides is 1. The molecule has 1 amide bonds. The second kappa shape index (κ2) is 7.16. The van der Waals surface area contributed by atoms with E-state index in [1.165, 1.54) is 0 Å². The standard InChI is InChI=1S/C15H13BrCl2N2O/c1-9-2-3-12(7-14(9)16)19-8-15(21)20-13-5-10(17)4-11(18)6-13/h2-7,19H,8H2,1H3,(H,20,21). The zero-order chi connectivity index (χ0) is 15.4. The van der Waals surface area contributed by atoms with Gasteiger partial charge in [-0.1, -0.05) is 45.2 Å². The van der Waals surface area contributed by atoms with E-state index in [0.717, 1.165) is 15.7 Å². The van der Waals surface area contributed by atoms with Gasteiger partial charge < -0.3 is 10.6 Å². The zero-order valence-corrected chi connectivity index (χ0v) is 14.3. The van der Waals surface area contributed by atoms with Crippen molar-refractivity contribution in [3.63, 3.8) is 0 Å². The predicted octanol–water partition coefficient (Wildman–Crippen LogP) is 5.11. The Bertz CT molecular complexity index is 656. The van der Waals surface area contributed by atoms with Crippen LogP contribution in [0.1, 0.15) is 5.56 Å². The molecule has 0 atom stereocenters. The molecule has 3 nitrogen and oxygen atoms in total. The first-order valence-corrected chi connectivity index (χ1v) is 7.75. The molecule has 6 heteroatoms. The average molecular weight is 388 g/mol. The summed E-state index contributed by atoms with van der Waals surface area (Å²) in [7, 11) is 0. The van der Waals surface area contributed by atoms with E-state index >= 15 is 0 Å². The monoisotopic (exact) mass is 386 g/mol. The third-order valence-electron chi connectivity index (χ3n) is 2.77. The fourth-order valence-corrected chi connectivity index (χ4v) is 2.62. The summed E-state index contributed by atoms with van der Waals surface area (Å²) in [5.74, 6) is -0.176. The van der Waals surface area contributed by atoms with Crippen LogP contribution in [-0.2, 0) is 4.79 Å². The molecule has 0 fully saturated rings. The molecular formula is C15H13BrCl2N2O. The molecule has 0 aliphatic heterocycles. The van der Waals surface area contributed by atoms with Crippen molar-refractivity contribution < 1.29 is 4.79 Å². The van der Waals surface area contributed by atoms with E-state index in [1.54, 1.807) is 18.2 Å². The summed E-state index contributed by atoms with van der Waals surface area (Å²) in [5, 5.41) is 6.75. The third kappa shape index (κ3) is 4.92. The first-order valence-electron chi connectivity index (χ1n) is 6.20. The number of halogens is 3. The Hall–Kier alpha value is -1.23. The van der Waals surface area contributed by atoms with E-state index < -0.39 is 0 Å². The summed E-state index contributed by atoms with van der Waals surface area (Å²) in [6.07, 6.45) is 0. The largest absolute Gasteiger partial charge is 0.376 e. The molecule has 0 saturated carbocycles. The Kier molecular flexibility index (Phi) is 5.51. The molecular weight excluding hydrogens is 375 g/mol. The Morgan fingerprint density at radius 2 is 1.76 bits per heavy atom. The maximum atomic E-state index is 11.9. The van der Waals surface area contributed by atoms with Crippen LogP contribution in [0.5, 0.6) is 0 Å². The van der Waals surface area contributed by atoms with Gasteiger partial charge in [0.15, 0.2) is 0 Å². The molecule has 0 spiro atoms. The fourth-order valence-electron chi connectivity index (χ4n) is 1.72. The average Bonchev–Trinajstić information content (AvgIpc) is 2.39. The molecule has 0 aliphatic rings. The summed E-state index contributed by atoms with van der Waals surface area (Å²) in [5.41, 5.74) is 2.58. The topological polar surface area (TPSA) is 41.1 Å². The zero-order valence-electron chi connectivity index (χ0n) is 11.2. The van der Waals surface area contributed by atoms with E-state index in [4.69, 9.17) is 23.2 Å². The molecule has 0 aliphatic carbocycles. The summed E-state index contributed by atoms with van der Waals surface area (Å²) >= 11 is 15.2. The van der Waals surface area contributed by atoms with Crippen molar-refractivity contribution in [2.75, 3.05) is 17.2 Å². The van der Waals surface area contributed by atoms with E-state index in [2.05, 4.69) is 26.6 Å². The molecule has 110 valence electrons. The van der Waals surface area contributed by atoms with Crippen LogP contribution in [0.4, 0.5) is 11.4 Å². The Balaban J connectivity index is 1.94. The van der Waals surface area contributed by atoms with Gasteiger partial charge in [0.1, 0.15) is 0 Å². The molecule has 0 bridgehead atoms. The normalized spacial score (nSPS) is 10.3. The van der Waals surface area contributed by atoms with Crippen molar-refractivity contribution in [3.05, 3.63) is 56.5 Å². The molecule has 0 heterocycles. The molecule has 2 rings (SSSR count). The SMILES string of the molecule is Cc1ccc(NCC(=O)Nc2cc(Cl)cc(Cl)c2)cc1Br. The van der Waals surface area contributed by atoms with Crippen molar-refractivity contribution in [1.29, 1.82) is 0 Å². The number of hydrogen-bond acceptors (Lipinski definition) is 2. The van der Waals surface area contributed by atoms with Crippen LogP contribution in [0.2, 0.25) is 10.0 Å². The lowest BCUT2D eigenvalue weighted by Gasteiger charge is -2.09. The van der Waals surface area contributed by atoms with Gasteiger partial charge >= 0.3 is 0 Å². The van der Waals surface area contributed by atoms with Crippen LogP contribution in [0.15, 0.2) is 40.9 Å². The number of carbonyl (C=O) groups excluding carboxylic acids is 1. The van der Waals surface area contributed by atoms with Gasteiger partial charge in [-0.3, -0.25) is 4.79 Å². The van der Waals surface area contributed by atoms with Crippen molar-refractivity contribution in [2.24, 2.45) is 0 Å². The highest BCUT2D eigenvalue weighted by atomic mass is 79.9. The molecule has 0 aromatic heterocycles. The highest BCUT2D eigenvalue weighted by Crippen LogP contribution is 2.23. The van der Waals surface area contributed by atoms with Crippen LogP contribution in [0.3, 0.4) is 0 Å². The fraction of sp³-hybridized carbons (Fsp3) is 0.133. The number of hydrogen-bond donors (Lipinski definition) is 2. The lowest BCUT2D eigenvalue weighted by molar-refractivity contribution is -0.114. The summed E-state index contributed by atoms with van der Waals surface area (Å²) in [4.78, 5) is 11.9. The number of rotatable bonds is 4. The maximum Gasteiger partial charge on any atom is 0.243 e. The molecule has 0 saturated heterocycles. The smallest absolute Gasteiger partial charge is 0.243 e. The van der Waals surface area contributed by atoms with Crippen LogP contribution in [-0.4, -0.2) is 12.5 Å². The van der Waals surface area contributed by atoms with E-state index in [0.29, 0.717) is 15.7 Å². The van der Waals surface area contributed by atoms with E-state index in [-0.39, 0.29) is 12.5 Å². The quantitative estimate of drug-likeness (QED) is 0.764. The Labute approximate surface area is 141 Å². The summed E-state index contributed by atoms with van der Waals surface area (Å²) in [6, 6.07) is 10.7. The van der Waals surface area contributed by atoms with Crippen molar-refractivity contribution in [1.82, 2.24) is 0 Å². The van der Waals surface area contributed by atoms with Gasteiger partial charge in [0.05, 0.1) is 6.54 Å². The highest BCUT2D eigenvalue weighted by molar-refractivity contribution is 9.10. The van der Waals surface area contributed by atoms with Gasteiger partial charge in [-0.25, -0.2) is 0 Å². The van der Waals surface area contributed by atoms with Gasteiger partial charge in [0.2, 0.25) is 5.91 Å². The molecule has 0 radical (unpaired) electrons. The number of anilines is 2. The van der Waals surface area contributed by atoms with Gasteiger partial charge in [0, 0.05) is 25.9 Å². The number of benzene rings is 2. The predicted molar refractivity (Wildman–Crippen MR) is 92.5 cm³/mol. The molecule has 2 N–H and O–H groups in total. The minimum absolute atomic E-state index is 0.152. The second-order valence-corrected chi connectivity index (χ2v) is 6.25. The lowest BCUT2D eigenvalue weighted by atomic mass is 10.2. The second-order valence-electron chi connectivity index (χ2n) is 4.52. The lowest BCUT2D eigenvalue weighted by Crippen LogP contribution is -2.21. The van der Waals surface area contributed by atoms with Gasteiger partial charge in [-0.05, 0) is 42.8 Å². The molecule has 0 unspecified atom stereocenters. The van der Waals surface area contributed by atoms with Crippen LogP contribution in [0.25, 0.3) is 0 Å². The van der Waals surface area contributed by atoms with Crippen molar-refractivity contribution >= 4 is 56.4 Å². The van der Waals surface area contributed by atoms with E-state index in [1.807, 2.05) is 25.1 Å². The van der Waals surface area contributed by atoms with Crippen LogP contribution >= 0.6 is 39.1 Å². The van der Waals surface area contributed by atoms with Gasteiger partial charge in [0.25, 0.3) is 0 Å². The van der Waals surface area contributed by atoms with Crippen LogP contribution in [0, 0.1) is 6.92 Å². The first-order chi connectivity index (χ1) is 9.94. The van der Waals surface area contributed by atoms with Crippen molar-refractivity contribution in [2.45, 2.75) is 6.92 Å². The number of aryl methyl sites for hydroxylation is 1. The number of carbonyl (C=O) groups is 1. The minimum atomic E-state index is -0.176. The highest BCUT2D eigenvalue weighted by Gasteiger charge is 2.05. The number of nitrogens with one attached hydrogen (secondary N) is 2. The van der Waals surface area contributed by atoms with Crippen LogP contribution < -0.4 is 10.6 Å². The maximum absolute atomic E-state index is 11.9. The molecule has 2 aromatic carbocycles. The Morgan fingerprint density at radius 3 is 2.38 bits per heavy atom. The Morgan fingerprint density at radius 1 is 1.10 bits per heavy atom. The third-order valence-corrected chi connectivity index (χ3v) is 4.06. The molecule has 21 heavy (non-hydrogen) atoms. The molecule has 2 aromatic rings. The van der Waals surface area contributed by atoms with E-state index in [9.17, 15) is 4.79 Å². The van der Waals surface area contributed by atoms with Crippen molar-refractivity contribution in [3.8, 4) is 0 Å². The minimum Gasteiger partial charge on any atom is -0.376 e.